The van der Waals surface area contributed by atoms with Gasteiger partial charge in [0.15, 0.2) is 0 Å². The van der Waals surface area contributed by atoms with Crippen molar-refractivity contribution in [3.05, 3.63) is 23.8 Å². The second-order valence-electron chi connectivity index (χ2n) is 5.39. The number of benzene rings is 1. The molecule has 0 aliphatic heterocycles. The molecule has 0 amide bonds. The molecule has 20 heavy (non-hydrogen) atoms. The highest BCUT2D eigenvalue weighted by atomic mass is 16.5. The van der Waals surface area contributed by atoms with Gasteiger partial charge < -0.3 is 15.8 Å². The second-order valence-corrected chi connectivity index (χ2v) is 5.39. The molecule has 0 atom stereocenters. The standard InChI is InChI=1S/C16H24N2O2/c1-2-20-16(19)14-11-13(17)7-8-15(14)18-10-9-12-5-3-4-6-12/h7-8,11-12,18H,2-6,9-10,17H2,1H3. The van der Waals surface area contributed by atoms with E-state index in [9.17, 15) is 4.79 Å². The van der Waals surface area contributed by atoms with Gasteiger partial charge in [-0.15, -0.1) is 0 Å². The van der Waals surface area contributed by atoms with Crippen molar-refractivity contribution in [3.8, 4) is 0 Å². The van der Waals surface area contributed by atoms with Crippen LogP contribution >= 0.6 is 0 Å². The van der Waals surface area contributed by atoms with E-state index in [1.54, 1.807) is 19.1 Å². The van der Waals surface area contributed by atoms with Crippen LogP contribution < -0.4 is 11.1 Å². The van der Waals surface area contributed by atoms with E-state index < -0.39 is 0 Å². The van der Waals surface area contributed by atoms with Gasteiger partial charge in [0, 0.05) is 17.9 Å². The van der Waals surface area contributed by atoms with Crippen molar-refractivity contribution >= 4 is 17.3 Å². The van der Waals surface area contributed by atoms with Gasteiger partial charge in [-0.25, -0.2) is 4.79 Å². The van der Waals surface area contributed by atoms with E-state index in [0.29, 0.717) is 17.9 Å². The van der Waals surface area contributed by atoms with Gasteiger partial charge in [-0.1, -0.05) is 25.7 Å². The fraction of sp³-hybridized carbons (Fsp3) is 0.562. The molecule has 0 bridgehead atoms. The maximum Gasteiger partial charge on any atom is 0.340 e. The van der Waals surface area contributed by atoms with Crippen LogP contribution in [-0.4, -0.2) is 19.1 Å². The molecule has 4 nitrogen and oxygen atoms in total. The van der Waals surface area contributed by atoms with E-state index in [2.05, 4.69) is 5.32 Å². The minimum Gasteiger partial charge on any atom is -0.462 e. The third-order valence-electron chi connectivity index (χ3n) is 3.88. The van der Waals surface area contributed by atoms with Crippen LogP contribution in [0.2, 0.25) is 0 Å². The summed E-state index contributed by atoms with van der Waals surface area (Å²) in [6.45, 7) is 3.06. The first-order chi connectivity index (χ1) is 9.70. The summed E-state index contributed by atoms with van der Waals surface area (Å²) in [5, 5.41) is 3.35. The molecule has 0 radical (unpaired) electrons. The van der Waals surface area contributed by atoms with Crippen LogP contribution in [0, 0.1) is 5.92 Å². The number of carbonyl (C=O) groups excluding carboxylic acids is 1. The Morgan fingerprint density at radius 3 is 2.85 bits per heavy atom. The highest BCUT2D eigenvalue weighted by molar-refractivity contribution is 5.96. The van der Waals surface area contributed by atoms with Crippen LogP contribution in [0.25, 0.3) is 0 Å². The molecule has 2 rings (SSSR count). The summed E-state index contributed by atoms with van der Waals surface area (Å²) in [5.41, 5.74) is 7.67. The number of ether oxygens (including phenoxy) is 1. The fourth-order valence-electron chi connectivity index (χ4n) is 2.80. The molecule has 1 fully saturated rings. The first kappa shape index (κ1) is 14.7. The van der Waals surface area contributed by atoms with Crippen LogP contribution in [0.4, 0.5) is 11.4 Å². The zero-order valence-electron chi connectivity index (χ0n) is 12.2. The fourth-order valence-corrected chi connectivity index (χ4v) is 2.80. The molecule has 1 aliphatic carbocycles. The van der Waals surface area contributed by atoms with Crippen LogP contribution in [0.1, 0.15) is 49.4 Å². The van der Waals surface area contributed by atoms with E-state index in [4.69, 9.17) is 10.5 Å². The average Bonchev–Trinajstić information content (AvgIpc) is 2.94. The largest absolute Gasteiger partial charge is 0.462 e. The van der Waals surface area contributed by atoms with Gasteiger partial charge in [0.1, 0.15) is 0 Å². The molecule has 110 valence electrons. The summed E-state index contributed by atoms with van der Waals surface area (Å²) in [4.78, 5) is 11.9. The lowest BCUT2D eigenvalue weighted by Gasteiger charge is -2.14. The van der Waals surface area contributed by atoms with Gasteiger partial charge in [-0.05, 0) is 37.5 Å². The summed E-state index contributed by atoms with van der Waals surface area (Å²) in [6, 6.07) is 5.34. The molecular formula is C16H24N2O2. The smallest absolute Gasteiger partial charge is 0.340 e. The van der Waals surface area contributed by atoms with Crippen LogP contribution in [0.3, 0.4) is 0 Å². The molecular weight excluding hydrogens is 252 g/mol. The van der Waals surface area contributed by atoms with Gasteiger partial charge in [0.25, 0.3) is 0 Å². The second kappa shape index (κ2) is 7.17. The zero-order valence-corrected chi connectivity index (χ0v) is 12.2. The minimum absolute atomic E-state index is 0.317. The van der Waals surface area contributed by atoms with E-state index in [1.165, 1.54) is 25.7 Å². The summed E-state index contributed by atoms with van der Waals surface area (Å²) >= 11 is 0. The number of carbonyl (C=O) groups is 1. The Morgan fingerprint density at radius 1 is 1.40 bits per heavy atom. The van der Waals surface area contributed by atoms with Crippen LogP contribution in [-0.2, 0) is 4.74 Å². The Balaban J connectivity index is 1.96. The lowest BCUT2D eigenvalue weighted by atomic mass is 10.0. The predicted octanol–water partition coefficient (Wildman–Crippen LogP) is 3.44. The Labute approximate surface area is 120 Å². The Kier molecular flexibility index (Phi) is 5.27. The first-order valence-electron chi connectivity index (χ1n) is 7.51. The number of nitrogens with one attached hydrogen (secondary N) is 1. The number of rotatable bonds is 6. The molecule has 1 saturated carbocycles. The molecule has 3 N–H and O–H groups in total. The lowest BCUT2D eigenvalue weighted by Crippen LogP contribution is -2.12. The molecule has 0 heterocycles. The summed E-state index contributed by atoms with van der Waals surface area (Å²) in [5.74, 6) is 0.519. The van der Waals surface area contributed by atoms with E-state index >= 15 is 0 Å². The molecule has 0 unspecified atom stereocenters. The van der Waals surface area contributed by atoms with Crippen molar-refractivity contribution in [2.45, 2.75) is 39.0 Å². The quantitative estimate of drug-likeness (QED) is 0.617. The molecule has 1 aromatic rings. The summed E-state index contributed by atoms with van der Waals surface area (Å²) in [6.07, 6.45) is 6.57. The van der Waals surface area contributed by atoms with Crippen molar-refractivity contribution in [3.63, 3.8) is 0 Å². The maximum atomic E-state index is 11.9. The van der Waals surface area contributed by atoms with Gasteiger partial charge in [-0.3, -0.25) is 0 Å². The lowest BCUT2D eigenvalue weighted by molar-refractivity contribution is 0.0527. The zero-order chi connectivity index (χ0) is 14.4. The molecule has 1 aromatic carbocycles. The van der Waals surface area contributed by atoms with Gasteiger partial charge >= 0.3 is 5.97 Å². The number of anilines is 2. The van der Waals surface area contributed by atoms with Crippen LogP contribution in [0.5, 0.6) is 0 Å². The van der Waals surface area contributed by atoms with Gasteiger partial charge in [0.05, 0.1) is 12.2 Å². The number of esters is 1. The highest BCUT2D eigenvalue weighted by Gasteiger charge is 2.16. The SMILES string of the molecule is CCOC(=O)c1cc(N)ccc1NCCC1CCCC1. The minimum atomic E-state index is -0.317. The third-order valence-corrected chi connectivity index (χ3v) is 3.88. The van der Waals surface area contributed by atoms with Crippen molar-refractivity contribution in [1.82, 2.24) is 0 Å². The molecule has 0 saturated heterocycles. The normalized spacial score (nSPS) is 15.2. The summed E-state index contributed by atoms with van der Waals surface area (Å²) in [7, 11) is 0. The van der Waals surface area contributed by atoms with E-state index in [-0.39, 0.29) is 5.97 Å². The Bertz CT molecular complexity index is 454. The number of hydrogen-bond donors (Lipinski definition) is 2. The van der Waals surface area contributed by atoms with Gasteiger partial charge in [-0.2, -0.15) is 0 Å². The molecule has 0 spiro atoms. The summed E-state index contributed by atoms with van der Waals surface area (Å²) < 4.78 is 5.07. The first-order valence-corrected chi connectivity index (χ1v) is 7.51. The van der Waals surface area contributed by atoms with Crippen molar-refractivity contribution in [1.29, 1.82) is 0 Å². The molecule has 0 aromatic heterocycles. The number of hydrogen-bond acceptors (Lipinski definition) is 4. The maximum absolute atomic E-state index is 11.9. The molecule has 1 aliphatic rings. The average molecular weight is 276 g/mol. The number of nitrogen functional groups attached to an aromatic ring is 1. The van der Waals surface area contributed by atoms with Crippen molar-refractivity contribution < 1.29 is 9.53 Å². The predicted molar refractivity (Wildman–Crippen MR) is 81.9 cm³/mol. The molecule has 4 heteroatoms. The number of nitrogens with two attached hydrogens (primary N) is 1. The highest BCUT2D eigenvalue weighted by Crippen LogP contribution is 2.28. The van der Waals surface area contributed by atoms with Crippen molar-refractivity contribution in [2.75, 3.05) is 24.2 Å². The third kappa shape index (κ3) is 3.89. The van der Waals surface area contributed by atoms with Crippen LogP contribution in [0.15, 0.2) is 18.2 Å². The topological polar surface area (TPSA) is 64.3 Å². The monoisotopic (exact) mass is 276 g/mol. The Morgan fingerprint density at radius 2 is 2.15 bits per heavy atom. The van der Waals surface area contributed by atoms with Gasteiger partial charge in [0.2, 0.25) is 0 Å². The Hall–Kier alpha value is -1.71. The van der Waals surface area contributed by atoms with E-state index in [0.717, 1.165) is 24.6 Å². The van der Waals surface area contributed by atoms with E-state index in [1.807, 2.05) is 6.07 Å². The van der Waals surface area contributed by atoms with Crippen molar-refractivity contribution in [2.24, 2.45) is 5.92 Å².